The molecule has 3 nitrogen and oxygen atoms in total. The number of benzene rings is 1. The van der Waals surface area contributed by atoms with Crippen molar-refractivity contribution in [3.63, 3.8) is 0 Å². The van der Waals surface area contributed by atoms with Crippen LogP contribution in [0.25, 0.3) is 0 Å². The SMILES string of the molecule is C=CC(=O)N[C@@H](c1ccc(F)c(F)c1)C(C)(C)N1CCCC1. The van der Waals surface area contributed by atoms with Gasteiger partial charge in [-0.2, -0.15) is 0 Å². The summed E-state index contributed by atoms with van der Waals surface area (Å²) in [7, 11) is 0. The van der Waals surface area contributed by atoms with Gasteiger partial charge in [0.25, 0.3) is 0 Å². The molecule has 1 fully saturated rings. The van der Waals surface area contributed by atoms with E-state index in [0.717, 1.165) is 38.1 Å². The van der Waals surface area contributed by atoms with Gasteiger partial charge in [-0.1, -0.05) is 12.6 Å². The van der Waals surface area contributed by atoms with Crippen LogP contribution in [0.2, 0.25) is 0 Å². The smallest absolute Gasteiger partial charge is 0.243 e. The first-order valence-corrected chi connectivity index (χ1v) is 7.49. The lowest BCUT2D eigenvalue weighted by Crippen LogP contribution is -2.52. The van der Waals surface area contributed by atoms with Crippen LogP contribution in [0.15, 0.2) is 30.9 Å². The number of likely N-dealkylation sites (tertiary alicyclic amines) is 1. The van der Waals surface area contributed by atoms with Crippen LogP contribution in [-0.4, -0.2) is 29.4 Å². The zero-order valence-electron chi connectivity index (χ0n) is 13.0. The van der Waals surface area contributed by atoms with Gasteiger partial charge in [-0.25, -0.2) is 8.78 Å². The fourth-order valence-corrected chi connectivity index (χ4v) is 3.04. The lowest BCUT2D eigenvalue weighted by atomic mass is 9.86. The molecule has 2 rings (SSSR count). The third kappa shape index (κ3) is 3.35. The minimum Gasteiger partial charge on any atom is -0.344 e. The van der Waals surface area contributed by atoms with Crippen LogP contribution in [0.3, 0.4) is 0 Å². The summed E-state index contributed by atoms with van der Waals surface area (Å²) in [5.74, 6) is -2.13. The van der Waals surface area contributed by atoms with Crippen LogP contribution in [0.5, 0.6) is 0 Å². The second kappa shape index (κ2) is 6.57. The van der Waals surface area contributed by atoms with E-state index in [1.807, 2.05) is 13.8 Å². The fraction of sp³-hybridized carbons (Fsp3) is 0.471. The molecule has 1 heterocycles. The Balaban J connectivity index is 2.38. The van der Waals surface area contributed by atoms with E-state index in [1.165, 1.54) is 12.1 Å². The molecule has 0 aliphatic carbocycles. The standard InChI is InChI=1S/C17H22F2N2O/c1-4-15(22)20-16(12-7-8-13(18)14(19)11-12)17(2,3)21-9-5-6-10-21/h4,7-8,11,16H,1,5-6,9-10H2,2-3H3,(H,20,22)/t16-/m0/s1. The highest BCUT2D eigenvalue weighted by Gasteiger charge is 2.38. The van der Waals surface area contributed by atoms with Gasteiger partial charge in [0.1, 0.15) is 0 Å². The van der Waals surface area contributed by atoms with Gasteiger partial charge in [0, 0.05) is 5.54 Å². The summed E-state index contributed by atoms with van der Waals surface area (Å²) in [5.41, 5.74) is 0.130. The summed E-state index contributed by atoms with van der Waals surface area (Å²) in [6.07, 6.45) is 3.39. The van der Waals surface area contributed by atoms with Crippen molar-refractivity contribution in [2.75, 3.05) is 13.1 Å². The number of halogens is 2. The number of rotatable bonds is 5. The van der Waals surface area contributed by atoms with Crippen molar-refractivity contribution in [2.45, 2.75) is 38.3 Å². The fourth-order valence-electron chi connectivity index (χ4n) is 3.04. The molecule has 0 aromatic heterocycles. The van der Waals surface area contributed by atoms with Crippen LogP contribution in [0.4, 0.5) is 8.78 Å². The van der Waals surface area contributed by atoms with E-state index in [0.29, 0.717) is 5.56 Å². The third-order valence-electron chi connectivity index (χ3n) is 4.38. The Hall–Kier alpha value is -1.75. The van der Waals surface area contributed by atoms with Crippen molar-refractivity contribution < 1.29 is 13.6 Å². The molecule has 0 spiro atoms. The Kier molecular flexibility index (Phi) is 4.96. The van der Waals surface area contributed by atoms with Gasteiger partial charge in [0.2, 0.25) is 5.91 Å². The summed E-state index contributed by atoms with van der Waals surface area (Å²) in [6, 6.07) is 3.31. The first kappa shape index (κ1) is 16.6. The van der Waals surface area contributed by atoms with Crippen molar-refractivity contribution in [3.05, 3.63) is 48.1 Å². The van der Waals surface area contributed by atoms with Crippen LogP contribution >= 0.6 is 0 Å². The molecule has 1 N–H and O–H groups in total. The lowest BCUT2D eigenvalue weighted by molar-refractivity contribution is -0.118. The molecule has 1 atom stereocenters. The predicted octanol–water partition coefficient (Wildman–Crippen LogP) is 3.18. The molecule has 0 radical (unpaired) electrons. The monoisotopic (exact) mass is 308 g/mol. The molecule has 5 heteroatoms. The number of nitrogens with one attached hydrogen (secondary N) is 1. The molecule has 1 aromatic carbocycles. The second-order valence-corrected chi connectivity index (χ2v) is 6.17. The third-order valence-corrected chi connectivity index (χ3v) is 4.38. The largest absolute Gasteiger partial charge is 0.344 e. The van der Waals surface area contributed by atoms with E-state index < -0.39 is 23.2 Å². The number of amides is 1. The maximum absolute atomic E-state index is 13.6. The number of nitrogens with zero attached hydrogens (tertiary/aromatic N) is 1. The van der Waals surface area contributed by atoms with Crippen LogP contribution in [-0.2, 0) is 4.79 Å². The second-order valence-electron chi connectivity index (χ2n) is 6.17. The highest BCUT2D eigenvalue weighted by molar-refractivity contribution is 5.87. The van der Waals surface area contributed by atoms with Crippen molar-refractivity contribution in [2.24, 2.45) is 0 Å². The normalized spacial score (nSPS) is 17.3. The zero-order chi connectivity index (χ0) is 16.3. The van der Waals surface area contributed by atoms with Gasteiger partial charge < -0.3 is 5.32 Å². The Labute approximate surface area is 130 Å². The predicted molar refractivity (Wildman–Crippen MR) is 82.3 cm³/mol. The molecule has 1 aliphatic heterocycles. The van der Waals surface area contributed by atoms with Crippen LogP contribution in [0.1, 0.15) is 38.3 Å². The van der Waals surface area contributed by atoms with E-state index >= 15 is 0 Å². The maximum Gasteiger partial charge on any atom is 0.243 e. The average Bonchev–Trinajstić information content (AvgIpc) is 3.02. The van der Waals surface area contributed by atoms with Gasteiger partial charge in [0.15, 0.2) is 11.6 Å². The van der Waals surface area contributed by atoms with Crippen molar-refractivity contribution in [1.82, 2.24) is 10.2 Å². The Bertz CT molecular complexity index is 566. The first-order chi connectivity index (χ1) is 10.4. The van der Waals surface area contributed by atoms with Crippen molar-refractivity contribution in [3.8, 4) is 0 Å². The number of hydrogen-bond acceptors (Lipinski definition) is 2. The Morgan fingerprint density at radius 2 is 1.95 bits per heavy atom. The molecular weight excluding hydrogens is 286 g/mol. The topological polar surface area (TPSA) is 32.3 Å². The highest BCUT2D eigenvalue weighted by atomic mass is 19.2. The van der Waals surface area contributed by atoms with Crippen molar-refractivity contribution >= 4 is 5.91 Å². The molecule has 1 aromatic rings. The Morgan fingerprint density at radius 3 is 2.50 bits per heavy atom. The maximum atomic E-state index is 13.6. The number of hydrogen-bond donors (Lipinski definition) is 1. The lowest BCUT2D eigenvalue weighted by Gasteiger charge is -2.42. The molecule has 120 valence electrons. The first-order valence-electron chi connectivity index (χ1n) is 7.49. The number of carbonyl (C=O) groups is 1. The van der Waals surface area contributed by atoms with E-state index in [4.69, 9.17) is 0 Å². The van der Waals surface area contributed by atoms with E-state index in [1.54, 1.807) is 0 Å². The summed E-state index contributed by atoms with van der Waals surface area (Å²) in [5, 5.41) is 2.86. The molecule has 1 aliphatic rings. The molecular formula is C17H22F2N2O. The van der Waals surface area contributed by atoms with E-state index in [9.17, 15) is 13.6 Å². The molecule has 1 amide bonds. The van der Waals surface area contributed by atoms with Gasteiger partial charge in [-0.15, -0.1) is 0 Å². The van der Waals surface area contributed by atoms with E-state index in [2.05, 4.69) is 16.8 Å². The Morgan fingerprint density at radius 1 is 1.32 bits per heavy atom. The summed E-state index contributed by atoms with van der Waals surface area (Å²) in [4.78, 5) is 14.1. The molecule has 0 bridgehead atoms. The van der Waals surface area contributed by atoms with Crippen LogP contribution in [0, 0.1) is 11.6 Å². The minimum atomic E-state index is -0.910. The average molecular weight is 308 g/mol. The summed E-state index contributed by atoms with van der Waals surface area (Å²) in [6.45, 7) is 9.33. The zero-order valence-corrected chi connectivity index (χ0v) is 13.0. The van der Waals surface area contributed by atoms with E-state index in [-0.39, 0.29) is 5.91 Å². The highest BCUT2D eigenvalue weighted by Crippen LogP contribution is 2.34. The number of carbonyl (C=O) groups excluding carboxylic acids is 1. The summed E-state index contributed by atoms with van der Waals surface area (Å²) >= 11 is 0. The molecule has 22 heavy (non-hydrogen) atoms. The molecule has 1 saturated heterocycles. The van der Waals surface area contributed by atoms with Gasteiger partial charge >= 0.3 is 0 Å². The quantitative estimate of drug-likeness (QED) is 0.847. The van der Waals surface area contributed by atoms with Gasteiger partial charge in [-0.3, -0.25) is 9.69 Å². The minimum absolute atomic E-state index is 0.331. The van der Waals surface area contributed by atoms with Gasteiger partial charge in [-0.05, 0) is 63.6 Å². The summed E-state index contributed by atoms with van der Waals surface area (Å²) < 4.78 is 26.8. The molecule has 0 saturated carbocycles. The van der Waals surface area contributed by atoms with Crippen LogP contribution < -0.4 is 5.32 Å². The molecule has 0 unspecified atom stereocenters. The van der Waals surface area contributed by atoms with Gasteiger partial charge in [0.05, 0.1) is 6.04 Å². The van der Waals surface area contributed by atoms with Crippen molar-refractivity contribution in [1.29, 1.82) is 0 Å².